The van der Waals surface area contributed by atoms with E-state index in [1.54, 1.807) is 12.1 Å². The van der Waals surface area contributed by atoms with Gasteiger partial charge in [-0.25, -0.2) is 4.98 Å². The predicted molar refractivity (Wildman–Crippen MR) is 103 cm³/mol. The highest BCUT2D eigenvalue weighted by Crippen LogP contribution is 2.31. The monoisotopic (exact) mass is 367 g/mol. The van der Waals surface area contributed by atoms with Crippen LogP contribution in [0.4, 0.5) is 11.6 Å². The van der Waals surface area contributed by atoms with Crippen molar-refractivity contribution < 1.29 is 10.0 Å². The molecule has 0 saturated heterocycles. The molecule has 0 aliphatic heterocycles. The first-order valence-corrected chi connectivity index (χ1v) is 8.52. The summed E-state index contributed by atoms with van der Waals surface area (Å²) in [6.45, 7) is 1.79. The second-order valence-electron chi connectivity index (χ2n) is 6.12. The largest absolute Gasteiger partial charge is 0.395 e. The number of aliphatic hydroxyl groups excluding tert-OH is 1. The van der Waals surface area contributed by atoms with Gasteiger partial charge in [0.05, 0.1) is 12.0 Å². The fourth-order valence-electron chi connectivity index (χ4n) is 3.39. The zero-order valence-corrected chi connectivity index (χ0v) is 14.3. The van der Waals surface area contributed by atoms with Gasteiger partial charge in [0, 0.05) is 42.7 Å². The molecule has 9 heteroatoms. The highest BCUT2D eigenvalue weighted by atomic mass is 16.6. The molecule has 9 nitrogen and oxygen atoms in total. The van der Waals surface area contributed by atoms with Crippen molar-refractivity contribution in [3.8, 4) is 0 Å². The lowest BCUT2D eigenvalue weighted by Crippen LogP contribution is -2.25. The molecule has 1 aromatic carbocycles. The van der Waals surface area contributed by atoms with Crippen LogP contribution in [0.5, 0.6) is 0 Å². The summed E-state index contributed by atoms with van der Waals surface area (Å²) in [6, 6.07) is 8.22. The second-order valence-corrected chi connectivity index (χ2v) is 6.12. The van der Waals surface area contributed by atoms with E-state index in [1.165, 1.54) is 22.7 Å². The Morgan fingerprint density at radius 2 is 1.96 bits per heavy atom. The van der Waals surface area contributed by atoms with Crippen LogP contribution in [0.3, 0.4) is 0 Å². The van der Waals surface area contributed by atoms with Crippen LogP contribution in [-0.4, -0.2) is 45.7 Å². The van der Waals surface area contributed by atoms with Gasteiger partial charge in [-0.15, -0.1) is 0 Å². The van der Waals surface area contributed by atoms with Crippen molar-refractivity contribution in [3.05, 3.63) is 56.9 Å². The van der Waals surface area contributed by atoms with Gasteiger partial charge in [-0.3, -0.25) is 4.79 Å². The lowest BCUT2D eigenvalue weighted by molar-refractivity contribution is -0.390. The van der Waals surface area contributed by atoms with E-state index in [9.17, 15) is 14.9 Å². The maximum Gasteiger partial charge on any atom is 0.328 e. The number of nitrogens with one attached hydrogen (secondary N) is 2. The van der Waals surface area contributed by atoms with Gasteiger partial charge < -0.3 is 25.9 Å². The highest BCUT2D eigenvalue weighted by Gasteiger charge is 2.22. The van der Waals surface area contributed by atoms with Crippen LogP contribution in [0.25, 0.3) is 27.2 Å². The topological polar surface area (TPSA) is 122 Å². The summed E-state index contributed by atoms with van der Waals surface area (Å²) in [5, 5.41) is 28.3. The van der Waals surface area contributed by atoms with E-state index >= 15 is 0 Å². The van der Waals surface area contributed by atoms with Crippen LogP contribution >= 0.6 is 0 Å². The predicted octanol–water partition coefficient (Wildman–Crippen LogP) is 1.34. The Kier molecular flexibility index (Phi) is 4.30. The van der Waals surface area contributed by atoms with E-state index in [2.05, 4.69) is 15.6 Å². The van der Waals surface area contributed by atoms with Gasteiger partial charge in [-0.2, -0.15) is 4.40 Å². The van der Waals surface area contributed by atoms with E-state index in [1.807, 2.05) is 6.07 Å². The summed E-state index contributed by atoms with van der Waals surface area (Å²) < 4.78 is 1.39. The molecule has 0 bridgehead atoms. The first-order valence-electron chi connectivity index (χ1n) is 8.52. The third-order valence-electron chi connectivity index (χ3n) is 4.54. The molecule has 0 fully saturated rings. The maximum absolute atomic E-state index is 12.8. The third kappa shape index (κ3) is 2.73. The summed E-state index contributed by atoms with van der Waals surface area (Å²) in [4.78, 5) is 28.1. The molecule has 3 aromatic heterocycles. The van der Waals surface area contributed by atoms with E-state index < -0.39 is 4.92 Å². The van der Waals surface area contributed by atoms with Gasteiger partial charge in [-0.1, -0.05) is 12.1 Å². The van der Waals surface area contributed by atoms with Crippen LogP contribution < -0.4 is 16.1 Å². The summed E-state index contributed by atoms with van der Waals surface area (Å²) in [7, 11) is 0. The first kappa shape index (κ1) is 17.1. The Morgan fingerprint density at radius 1 is 1.11 bits per heavy atom. The lowest BCUT2D eigenvalue weighted by Gasteiger charge is -2.11. The number of benzene rings is 1. The van der Waals surface area contributed by atoms with Crippen molar-refractivity contribution in [1.29, 1.82) is 0 Å². The molecular formula is C18H17N5O4. The van der Waals surface area contributed by atoms with Gasteiger partial charge in [0.2, 0.25) is 5.43 Å². The number of nitrogens with zero attached hydrogens (tertiary/aromatic N) is 3. The number of fused-ring (bicyclic) bond motifs is 2. The molecule has 4 aromatic rings. The van der Waals surface area contributed by atoms with Crippen molar-refractivity contribution in [3.63, 3.8) is 0 Å². The normalized spacial score (nSPS) is 11.6. The minimum absolute atomic E-state index is 0.0688. The minimum Gasteiger partial charge on any atom is -0.395 e. The summed E-state index contributed by atoms with van der Waals surface area (Å²) in [6.07, 6.45) is 1.51. The molecule has 27 heavy (non-hydrogen) atoms. The fourth-order valence-corrected chi connectivity index (χ4v) is 3.39. The number of aromatic nitrogens is 2. The molecule has 0 amide bonds. The molecular weight excluding hydrogens is 350 g/mol. The first-order chi connectivity index (χ1) is 13.1. The van der Waals surface area contributed by atoms with E-state index in [0.29, 0.717) is 41.7 Å². The average Bonchev–Trinajstić information content (AvgIpc) is 3.12. The molecule has 3 N–H and O–H groups in total. The zero-order valence-electron chi connectivity index (χ0n) is 14.3. The molecule has 0 atom stereocenters. The van der Waals surface area contributed by atoms with Gasteiger partial charge >= 0.3 is 5.82 Å². The number of rotatable bonds is 7. The fraction of sp³-hybridized carbons (Fsp3) is 0.222. The van der Waals surface area contributed by atoms with E-state index in [4.69, 9.17) is 5.11 Å². The molecule has 138 valence electrons. The Labute approximate surface area is 152 Å². The smallest absolute Gasteiger partial charge is 0.328 e. The Morgan fingerprint density at radius 3 is 2.74 bits per heavy atom. The Balaban J connectivity index is 1.90. The quantitative estimate of drug-likeness (QED) is 0.256. The summed E-state index contributed by atoms with van der Waals surface area (Å²) in [5.74, 6) is 0.462. The minimum atomic E-state index is -0.492. The van der Waals surface area contributed by atoms with Crippen LogP contribution in [0.2, 0.25) is 0 Å². The average molecular weight is 367 g/mol. The highest BCUT2D eigenvalue weighted by molar-refractivity contribution is 6.13. The summed E-state index contributed by atoms with van der Waals surface area (Å²) in [5.41, 5.74) is 0.575. The molecule has 3 heterocycles. The van der Waals surface area contributed by atoms with Crippen molar-refractivity contribution in [2.24, 2.45) is 0 Å². The van der Waals surface area contributed by atoms with E-state index in [-0.39, 0.29) is 23.4 Å². The zero-order chi connectivity index (χ0) is 19.0. The van der Waals surface area contributed by atoms with E-state index in [0.717, 1.165) is 5.39 Å². The van der Waals surface area contributed by atoms with Crippen molar-refractivity contribution in [1.82, 2.24) is 14.7 Å². The molecule has 0 radical (unpaired) electrons. The number of pyridine rings is 2. The third-order valence-corrected chi connectivity index (χ3v) is 4.54. The van der Waals surface area contributed by atoms with Crippen LogP contribution in [0.15, 0.2) is 41.3 Å². The Hall–Kier alpha value is -3.30. The van der Waals surface area contributed by atoms with Gasteiger partial charge in [0.1, 0.15) is 11.3 Å². The van der Waals surface area contributed by atoms with Crippen LogP contribution in [0.1, 0.15) is 0 Å². The second kappa shape index (κ2) is 6.78. The molecule has 0 aliphatic carbocycles. The molecule has 4 rings (SSSR count). The van der Waals surface area contributed by atoms with Crippen molar-refractivity contribution >= 4 is 38.8 Å². The lowest BCUT2D eigenvalue weighted by atomic mass is 10.1. The number of hydrogen-bond donors (Lipinski definition) is 3. The van der Waals surface area contributed by atoms with Gasteiger partial charge in [-0.05, 0) is 17.1 Å². The molecule has 0 aliphatic rings. The number of aliphatic hydroxyl groups is 1. The maximum atomic E-state index is 12.8. The van der Waals surface area contributed by atoms with Gasteiger partial charge in [0.15, 0.2) is 5.52 Å². The molecule has 0 spiro atoms. The van der Waals surface area contributed by atoms with Crippen molar-refractivity contribution in [2.75, 3.05) is 31.6 Å². The number of anilines is 1. The SMILES string of the molecule is O=c1c2cnc(NCCNCCO)c3cccc(c32)n2c([N+](=O)[O-])ccc12. The van der Waals surface area contributed by atoms with Crippen LogP contribution in [-0.2, 0) is 0 Å². The van der Waals surface area contributed by atoms with Crippen molar-refractivity contribution in [2.45, 2.75) is 0 Å². The molecule has 0 unspecified atom stereocenters. The Bertz CT molecular complexity index is 1200. The summed E-state index contributed by atoms with van der Waals surface area (Å²) >= 11 is 0. The number of hydrogen-bond acceptors (Lipinski definition) is 7. The standard InChI is InChI=1S/C18H17N5O4/c24-9-8-19-6-7-20-18-11-2-1-3-13-16(11)12(10-21-18)17(25)14-4-5-15(22(13)14)23(26)27/h1-5,10,19,24H,6-9H2,(H,20,21). The number of nitro groups is 1. The van der Waals surface area contributed by atoms with Gasteiger partial charge in [0.25, 0.3) is 0 Å². The molecule has 0 saturated carbocycles. The van der Waals surface area contributed by atoms with Crippen LogP contribution in [0, 0.1) is 10.1 Å².